The summed E-state index contributed by atoms with van der Waals surface area (Å²) in [6, 6.07) is 0. The van der Waals surface area contributed by atoms with Gasteiger partial charge in [-0.2, -0.15) is 0 Å². The van der Waals surface area contributed by atoms with Gasteiger partial charge < -0.3 is 158 Å². The van der Waals surface area contributed by atoms with Crippen LogP contribution in [0.4, 0.5) is 0 Å². The Bertz CT molecular complexity index is 1800. The molecule has 0 amide bonds. The highest BCUT2D eigenvalue weighted by Crippen LogP contribution is 2.40. The van der Waals surface area contributed by atoms with Crippen LogP contribution in [0.5, 0.6) is 0 Å². The molecule has 0 radical (unpaired) electrons. The summed E-state index contributed by atoms with van der Waals surface area (Å²) in [5.74, 6) is 0. The van der Waals surface area contributed by atoms with Gasteiger partial charge in [-0.1, -0.05) is 20.8 Å². The maximum absolute atomic E-state index is 11.8. The monoisotopic (exact) mass is 1150 g/mol. The number of aliphatic hydroxyl groups excluding tert-OH is 17. The normalized spacial score (nSPS) is 49.2. The van der Waals surface area contributed by atoms with E-state index >= 15 is 0 Å². The molecule has 22 saturated heterocycles. The molecule has 0 aromatic rings. The molecular formula is C42H76NO33P. The number of rotatable bonds is 11. The summed E-state index contributed by atoms with van der Waals surface area (Å²) in [5.41, 5.74) is 0. The third-order valence-electron chi connectivity index (χ3n) is 14.2. The minimum Gasteiger partial charge on any atom is -0.394 e. The molecule has 0 unspecified atom stereocenters. The zero-order valence-electron chi connectivity index (χ0n) is 41.8. The van der Waals surface area contributed by atoms with E-state index in [1.807, 2.05) is 0 Å². The van der Waals surface area contributed by atoms with Crippen LogP contribution in [0.2, 0.25) is 0 Å². The number of aliphatic hydroxyl groups is 17. The van der Waals surface area contributed by atoms with Crippen molar-refractivity contribution in [3.63, 3.8) is 0 Å². The summed E-state index contributed by atoms with van der Waals surface area (Å²) < 4.78 is 84.1. The highest BCUT2D eigenvalue weighted by Gasteiger charge is 2.59. The summed E-state index contributed by atoms with van der Waals surface area (Å²) in [4.78, 5) is 21.4. The van der Waals surface area contributed by atoms with Crippen LogP contribution in [-0.2, 0) is 65.9 Å². The van der Waals surface area contributed by atoms with Crippen LogP contribution in [0, 0.1) is 0 Å². The topological polar surface area (TPSA) is 525 Å². The number of nitrogens with zero attached hydrogens (tertiary/aromatic N) is 1. The van der Waals surface area contributed by atoms with E-state index in [0.717, 1.165) is 0 Å². The lowest BCUT2D eigenvalue weighted by Gasteiger charge is -2.50. The van der Waals surface area contributed by atoms with Gasteiger partial charge in [0.1, 0.15) is 146 Å². The van der Waals surface area contributed by atoms with E-state index in [4.69, 9.17) is 56.8 Å². The average Bonchev–Trinajstić information content (AvgIpc) is 3.43. The molecule has 0 aromatic carbocycles. The van der Waals surface area contributed by atoms with Gasteiger partial charge in [-0.25, -0.2) is 4.57 Å². The molecule has 12 bridgehead atoms. The summed E-state index contributed by atoms with van der Waals surface area (Å²) in [7, 11) is -5.37. The molecule has 22 aliphatic rings. The third kappa shape index (κ3) is 14.6. The largest absolute Gasteiger partial charge is 0.469 e. The van der Waals surface area contributed by atoms with E-state index in [0.29, 0.717) is 0 Å². The average molecular weight is 1150 g/mol. The van der Waals surface area contributed by atoms with Gasteiger partial charge in [-0.15, -0.1) is 0 Å². The van der Waals surface area contributed by atoms with Crippen molar-refractivity contribution < 1.29 is 163 Å². The Balaban J connectivity index is 0.00000128. The molecule has 0 aliphatic carbocycles. The third-order valence-corrected chi connectivity index (χ3v) is 14.7. The van der Waals surface area contributed by atoms with Gasteiger partial charge >= 0.3 is 7.82 Å². The number of hydrogen-bond acceptors (Lipinski definition) is 32. The molecule has 19 N–H and O–H groups in total. The van der Waals surface area contributed by atoms with Gasteiger partial charge in [0.25, 0.3) is 0 Å². The zero-order valence-corrected chi connectivity index (χ0v) is 42.7. The Morgan fingerprint density at radius 3 is 0.662 bits per heavy atom. The van der Waals surface area contributed by atoms with Gasteiger partial charge in [0.2, 0.25) is 0 Å². The van der Waals surface area contributed by atoms with E-state index in [2.05, 4.69) is 30.2 Å². The first kappa shape index (κ1) is 65.1. The molecule has 22 heterocycles. The Hall–Kier alpha value is -1.09. The first-order chi connectivity index (χ1) is 36.4. The van der Waals surface area contributed by atoms with Crippen LogP contribution < -0.4 is 0 Å². The Labute approximate surface area is 439 Å². The standard InChI is InChI=1S/C36H61O33P.C6H15N/c37-1-7-25-13(42)19(48)31(58-7)65-26-8(2-38)60-33(21(50)15(26)44)67-28-10(4-40)62-35(23(52)17(28)46)69-30-12(6-57-70(54,55)56)63-36(24(53)18(30)47)68-29-11(5-41)61-34(22(51)16(29)45)66-27-9(3-39)59-32(64-25)20(49)14(27)43;1-4-7(5-2)6-3/h7-53H,1-6H2,(H2,54,55,56);4-6H2,1-3H3/t7-,8-,9-,10-,11-,12-,13-,14-,15-,16-,17-,18-,19-,20-,21-,22-,23-,24-,25-,26-,27-,28-,29-,30-,31-,32-,33-,34-,35-,36-;/m1./s1. The molecule has 0 spiro atoms. The summed E-state index contributed by atoms with van der Waals surface area (Å²) >= 11 is 0. The van der Waals surface area contributed by atoms with Crippen molar-refractivity contribution >= 4 is 7.82 Å². The van der Waals surface area contributed by atoms with Gasteiger partial charge in [-0.05, 0) is 19.6 Å². The summed E-state index contributed by atoms with van der Waals surface area (Å²) in [6.45, 7) is 3.66. The van der Waals surface area contributed by atoms with Crippen LogP contribution in [0.3, 0.4) is 0 Å². The van der Waals surface area contributed by atoms with Crippen molar-refractivity contribution in [2.75, 3.05) is 59.3 Å². The van der Waals surface area contributed by atoms with Gasteiger partial charge in [0, 0.05) is 0 Å². The molecule has 0 saturated carbocycles. The predicted octanol–water partition coefficient (Wildman–Crippen LogP) is -11.6. The molecular weight excluding hydrogens is 1080 g/mol. The minimum atomic E-state index is -5.37. The molecule has 22 fully saturated rings. The number of phosphoric acid groups is 1. The molecule has 22 rings (SSSR count). The molecule has 30 atom stereocenters. The fourth-order valence-corrected chi connectivity index (χ4v) is 10.1. The summed E-state index contributed by atoms with van der Waals surface area (Å²) in [6.07, 6.45) is -61.3. The number of ether oxygens (including phenoxy) is 12. The lowest BCUT2D eigenvalue weighted by atomic mass is 9.94. The van der Waals surface area contributed by atoms with Crippen molar-refractivity contribution in [3.8, 4) is 0 Å². The highest BCUT2D eigenvalue weighted by atomic mass is 31.2. The number of phosphoric ester groups is 1. The minimum absolute atomic E-state index is 1.02. The van der Waals surface area contributed by atoms with Crippen molar-refractivity contribution in [2.24, 2.45) is 0 Å². The quantitative estimate of drug-likeness (QED) is 0.0854. The van der Waals surface area contributed by atoms with Crippen molar-refractivity contribution in [3.05, 3.63) is 0 Å². The van der Waals surface area contributed by atoms with Gasteiger partial charge in [-0.3, -0.25) is 4.52 Å². The second kappa shape index (κ2) is 28.5. The lowest BCUT2D eigenvalue weighted by molar-refractivity contribution is -0.404. The zero-order chi connectivity index (χ0) is 57.0. The van der Waals surface area contributed by atoms with Crippen molar-refractivity contribution in [2.45, 2.75) is 205 Å². The highest BCUT2D eigenvalue weighted by molar-refractivity contribution is 7.46. The number of hydrogen-bond donors (Lipinski definition) is 19. The molecule has 35 heteroatoms. The van der Waals surface area contributed by atoms with Crippen LogP contribution in [-0.4, -0.2) is 345 Å². The first-order valence-electron chi connectivity index (χ1n) is 24.9. The maximum Gasteiger partial charge on any atom is 0.469 e. The maximum atomic E-state index is 11.8. The second-order valence-corrected chi connectivity index (χ2v) is 20.3. The SMILES string of the molecule is CCN(CC)CC.O=P(O)(O)OC[C@H]1O[C@@H]2O[C@H]3[C@H](O)[C@@H](O)[C@@H](O[C@H]4[C@H](O)[C@@H](O)[C@@H](O[C@H]5[C@H](O)[C@@H](O)[C@@H](O[C@H]6[C@H](O)[C@@H](O)[C@@H](O[C@H]7[C@H](O)[C@@H](O)[C@@H](O[C@H]1[C@H](O)[C@H]2O)O[C@@H]7CO)O[C@@H]6CO)O[C@@H]5CO)O[C@@H]4CO)O[C@@H]3CO. The Kier molecular flexibility index (Phi) is 24.1. The van der Waals surface area contributed by atoms with E-state index in [9.17, 15) is 101 Å². The van der Waals surface area contributed by atoms with Crippen molar-refractivity contribution in [1.82, 2.24) is 4.90 Å². The molecule has 22 aliphatic heterocycles. The van der Waals surface area contributed by atoms with Gasteiger partial charge in [0.05, 0.1) is 39.6 Å². The smallest absolute Gasteiger partial charge is 0.394 e. The van der Waals surface area contributed by atoms with Crippen LogP contribution in [0.1, 0.15) is 20.8 Å². The van der Waals surface area contributed by atoms with Gasteiger partial charge in [0.15, 0.2) is 37.7 Å². The first-order valence-corrected chi connectivity index (χ1v) is 26.4. The molecule has 0 aromatic heterocycles. The van der Waals surface area contributed by atoms with Crippen molar-refractivity contribution in [1.29, 1.82) is 0 Å². The fourth-order valence-electron chi connectivity index (χ4n) is 9.76. The summed E-state index contributed by atoms with van der Waals surface area (Å²) in [5, 5.41) is 186. The van der Waals surface area contributed by atoms with E-state index in [1.165, 1.54) is 19.6 Å². The second-order valence-electron chi connectivity index (χ2n) is 19.1. The van der Waals surface area contributed by atoms with Crippen LogP contribution >= 0.6 is 7.82 Å². The lowest BCUT2D eigenvalue weighted by Crippen LogP contribution is -2.69. The fraction of sp³-hybridized carbons (Fsp3) is 1.00. The molecule has 77 heavy (non-hydrogen) atoms. The molecule has 452 valence electrons. The van der Waals surface area contributed by atoms with Crippen LogP contribution in [0.15, 0.2) is 0 Å². The van der Waals surface area contributed by atoms with Crippen LogP contribution in [0.25, 0.3) is 0 Å². The Morgan fingerprint density at radius 2 is 0.506 bits per heavy atom. The molecule has 34 nitrogen and oxygen atoms in total. The van der Waals surface area contributed by atoms with E-state index in [1.54, 1.807) is 0 Å². The van der Waals surface area contributed by atoms with E-state index in [-0.39, 0.29) is 0 Å². The Morgan fingerprint density at radius 1 is 0.325 bits per heavy atom. The van der Waals surface area contributed by atoms with E-state index < -0.39 is 232 Å². The predicted molar refractivity (Wildman–Crippen MR) is 240 cm³/mol.